The van der Waals surface area contributed by atoms with Gasteiger partial charge >= 0.3 is 0 Å². The van der Waals surface area contributed by atoms with Crippen molar-refractivity contribution in [3.05, 3.63) is 16.7 Å². The molecule has 0 aromatic heterocycles. The van der Waals surface area contributed by atoms with Gasteiger partial charge in [-0.1, -0.05) is 0 Å². The third-order valence-corrected chi connectivity index (χ3v) is 2.69. The quantitative estimate of drug-likeness (QED) is 0.461. The first-order valence-electron chi connectivity index (χ1n) is 4.92. The minimum Gasteiger partial charge on any atom is -0.384 e. The Bertz CT molecular complexity index is 617. The molecule has 0 spiro atoms. The second kappa shape index (κ2) is 5.49. The number of carbonyl (C=O) groups excluding carboxylic acids is 1. The van der Waals surface area contributed by atoms with E-state index < -0.39 is 0 Å². The summed E-state index contributed by atoms with van der Waals surface area (Å²) in [5.41, 5.74) is 2.23. The van der Waals surface area contributed by atoms with Crippen molar-refractivity contribution in [3.63, 3.8) is 0 Å². The molecule has 0 bridgehead atoms. The third kappa shape index (κ3) is 2.15. The second-order valence-electron chi connectivity index (χ2n) is 3.47. The van der Waals surface area contributed by atoms with Gasteiger partial charge in [0.15, 0.2) is 5.75 Å². The Morgan fingerprint density at radius 3 is 2.00 bits per heavy atom. The molecule has 6 nitrogen and oxygen atoms in total. The lowest BCUT2D eigenvalue weighted by atomic mass is 10.0. The number of nitrogens with zero attached hydrogens (tertiary/aromatic N) is 3. The van der Waals surface area contributed by atoms with Crippen molar-refractivity contribution in [2.45, 2.75) is 20.8 Å². The normalized spacial score (nSPS) is 8.72. The van der Waals surface area contributed by atoms with Gasteiger partial charge in [-0.3, -0.25) is 0 Å². The first kappa shape index (κ1) is 13.2. The van der Waals surface area contributed by atoms with E-state index in [1.54, 1.807) is 20.8 Å². The van der Waals surface area contributed by atoms with E-state index in [9.17, 15) is 4.79 Å². The van der Waals surface area contributed by atoms with E-state index in [2.05, 4.69) is 4.99 Å². The molecular formula is C12H9N3O3. The van der Waals surface area contributed by atoms with Crippen molar-refractivity contribution in [1.29, 1.82) is 10.5 Å². The van der Waals surface area contributed by atoms with E-state index in [1.165, 1.54) is 18.6 Å². The molecule has 0 saturated heterocycles. The van der Waals surface area contributed by atoms with Crippen molar-refractivity contribution >= 4 is 11.8 Å². The van der Waals surface area contributed by atoms with Crippen molar-refractivity contribution in [3.8, 4) is 24.0 Å². The fourth-order valence-electron chi connectivity index (χ4n) is 1.57. The highest BCUT2D eigenvalue weighted by Gasteiger charge is 2.21. The first-order valence-corrected chi connectivity index (χ1v) is 4.92. The van der Waals surface area contributed by atoms with Gasteiger partial charge in [-0.25, -0.2) is 4.79 Å². The maximum absolute atomic E-state index is 10.4. The number of isocyanates is 1. The molecule has 0 fully saturated rings. The van der Waals surface area contributed by atoms with Crippen LogP contribution < -0.4 is 9.47 Å². The summed E-state index contributed by atoms with van der Waals surface area (Å²) >= 11 is 0. The number of hydrogen-bond donors (Lipinski definition) is 0. The predicted molar refractivity (Wildman–Crippen MR) is 60.9 cm³/mol. The predicted octanol–water partition coefficient (Wildman–Crippen LogP) is 2.30. The summed E-state index contributed by atoms with van der Waals surface area (Å²) in [7, 11) is 0. The Morgan fingerprint density at radius 1 is 0.944 bits per heavy atom. The number of hydrogen-bond acceptors (Lipinski definition) is 6. The van der Waals surface area contributed by atoms with Gasteiger partial charge < -0.3 is 9.47 Å². The van der Waals surface area contributed by atoms with Crippen LogP contribution in [0.15, 0.2) is 4.99 Å². The Hall–Kier alpha value is -2.82. The molecule has 0 unspecified atom stereocenters. The van der Waals surface area contributed by atoms with Crippen LogP contribution in [0.5, 0.6) is 11.5 Å². The molecule has 0 amide bonds. The standard InChI is InChI=1S/C12H9N3O3/c1-7-8(2)10(15-6-16)12(18-5-14)11(9(7)3)17-4-13/h1-3H3. The molecule has 0 atom stereocenters. The van der Waals surface area contributed by atoms with Crippen molar-refractivity contribution in [2.75, 3.05) is 0 Å². The minimum atomic E-state index is -0.0528. The van der Waals surface area contributed by atoms with E-state index >= 15 is 0 Å². The van der Waals surface area contributed by atoms with Crippen LogP contribution in [0.1, 0.15) is 16.7 Å². The van der Waals surface area contributed by atoms with Crippen LogP contribution in [0.25, 0.3) is 0 Å². The number of aliphatic imine (C=N–C) groups is 1. The first-order chi connectivity index (χ1) is 8.58. The SMILES string of the molecule is Cc1c(C)c(N=C=O)c(OC#N)c(OC#N)c1C. The third-order valence-electron chi connectivity index (χ3n) is 2.69. The summed E-state index contributed by atoms with van der Waals surface area (Å²) in [6.07, 6.45) is 4.37. The second-order valence-corrected chi connectivity index (χ2v) is 3.47. The summed E-state index contributed by atoms with van der Waals surface area (Å²) in [5, 5.41) is 17.2. The Morgan fingerprint density at radius 2 is 1.50 bits per heavy atom. The van der Waals surface area contributed by atoms with Crippen LogP contribution in [-0.2, 0) is 4.79 Å². The van der Waals surface area contributed by atoms with Crippen LogP contribution in [0.2, 0.25) is 0 Å². The van der Waals surface area contributed by atoms with Gasteiger partial charge in [-0.05, 0) is 31.9 Å². The van der Waals surface area contributed by atoms with Crippen molar-refractivity contribution in [1.82, 2.24) is 0 Å². The average molecular weight is 243 g/mol. The van der Waals surface area contributed by atoms with E-state index in [-0.39, 0.29) is 17.2 Å². The molecule has 1 rings (SSSR count). The monoisotopic (exact) mass is 243 g/mol. The molecule has 6 heteroatoms. The zero-order valence-corrected chi connectivity index (χ0v) is 10.1. The highest BCUT2D eigenvalue weighted by Crippen LogP contribution is 2.44. The molecule has 0 aliphatic rings. The van der Waals surface area contributed by atoms with E-state index in [0.717, 1.165) is 5.56 Å². The van der Waals surface area contributed by atoms with Crippen LogP contribution >= 0.6 is 0 Å². The lowest BCUT2D eigenvalue weighted by Crippen LogP contribution is -1.98. The number of ether oxygens (including phenoxy) is 2. The molecule has 90 valence electrons. The lowest BCUT2D eigenvalue weighted by molar-refractivity contribution is 0.439. The van der Waals surface area contributed by atoms with Crippen molar-refractivity contribution < 1.29 is 14.3 Å². The van der Waals surface area contributed by atoms with E-state index in [4.69, 9.17) is 20.0 Å². The van der Waals surface area contributed by atoms with Gasteiger partial charge in [0, 0.05) is 5.56 Å². The maximum Gasteiger partial charge on any atom is 0.292 e. The molecule has 0 radical (unpaired) electrons. The largest absolute Gasteiger partial charge is 0.384 e. The van der Waals surface area contributed by atoms with Gasteiger partial charge in [0.1, 0.15) is 5.69 Å². The summed E-state index contributed by atoms with van der Waals surface area (Å²) in [6.45, 7) is 5.22. The molecule has 1 aromatic rings. The van der Waals surface area contributed by atoms with Gasteiger partial charge in [0.05, 0.1) is 0 Å². The van der Waals surface area contributed by atoms with Crippen LogP contribution in [-0.4, -0.2) is 6.08 Å². The fourth-order valence-corrected chi connectivity index (χ4v) is 1.57. The average Bonchev–Trinajstić information content (AvgIpc) is 2.36. The smallest absolute Gasteiger partial charge is 0.292 e. The molecule has 18 heavy (non-hydrogen) atoms. The summed E-state index contributed by atoms with van der Waals surface area (Å²) in [6, 6.07) is 0. The molecule has 0 N–H and O–H groups in total. The van der Waals surface area contributed by atoms with E-state index in [1.807, 2.05) is 0 Å². The highest BCUT2D eigenvalue weighted by atomic mass is 16.5. The number of rotatable bonds is 3. The lowest BCUT2D eigenvalue weighted by Gasteiger charge is -2.14. The van der Waals surface area contributed by atoms with Crippen LogP contribution in [0.4, 0.5) is 5.69 Å². The van der Waals surface area contributed by atoms with Crippen LogP contribution in [0.3, 0.4) is 0 Å². The summed E-state index contributed by atoms with van der Waals surface area (Å²) < 4.78 is 9.53. The van der Waals surface area contributed by atoms with Gasteiger partial charge in [0.2, 0.25) is 11.8 Å². The maximum atomic E-state index is 10.4. The van der Waals surface area contributed by atoms with Gasteiger partial charge in [-0.2, -0.15) is 4.99 Å². The number of benzene rings is 1. The highest BCUT2D eigenvalue weighted by molar-refractivity contribution is 5.72. The zero-order valence-electron chi connectivity index (χ0n) is 10.1. The number of nitriles is 2. The molecular weight excluding hydrogens is 234 g/mol. The fraction of sp³-hybridized carbons (Fsp3) is 0.250. The Labute approximate surface area is 104 Å². The van der Waals surface area contributed by atoms with Gasteiger partial charge in [0.25, 0.3) is 12.5 Å². The Kier molecular flexibility index (Phi) is 4.04. The molecule has 0 saturated carbocycles. The summed E-state index contributed by atoms with van der Waals surface area (Å²) in [4.78, 5) is 13.9. The minimum absolute atomic E-state index is 0.0528. The molecule has 0 heterocycles. The van der Waals surface area contributed by atoms with Crippen LogP contribution in [0, 0.1) is 43.8 Å². The van der Waals surface area contributed by atoms with E-state index in [0.29, 0.717) is 11.1 Å². The molecule has 0 aliphatic heterocycles. The molecule has 1 aromatic carbocycles. The molecule has 0 aliphatic carbocycles. The zero-order chi connectivity index (χ0) is 13.7. The Balaban J connectivity index is 3.75. The summed E-state index contributed by atoms with van der Waals surface area (Å²) in [5.74, 6) is 0.0270. The van der Waals surface area contributed by atoms with Gasteiger partial charge in [-0.15, -0.1) is 10.5 Å². The van der Waals surface area contributed by atoms with Crippen molar-refractivity contribution in [2.24, 2.45) is 4.99 Å². The topological polar surface area (TPSA) is 95.5 Å².